The lowest BCUT2D eigenvalue weighted by atomic mass is 9.85. The van der Waals surface area contributed by atoms with Crippen molar-refractivity contribution in [2.24, 2.45) is 0 Å². The van der Waals surface area contributed by atoms with Crippen LogP contribution >= 0.6 is 0 Å². The molecule has 4 atom stereocenters. The maximum absolute atomic E-state index is 5.64. The summed E-state index contributed by atoms with van der Waals surface area (Å²) in [6.45, 7) is 3.60. The SMILES string of the molecule is CCOC1CC(NCC(c2ccco2)N(C)C)C1OC. The number of likely N-dealkylation sites (N-methyl/N-ethyl adjacent to an activating group) is 1. The third-order valence-electron chi connectivity index (χ3n) is 3.97. The molecule has 0 spiro atoms. The van der Waals surface area contributed by atoms with Gasteiger partial charge in [0.25, 0.3) is 0 Å². The van der Waals surface area contributed by atoms with E-state index in [1.54, 1.807) is 13.4 Å². The van der Waals surface area contributed by atoms with Crippen molar-refractivity contribution in [2.45, 2.75) is 37.6 Å². The first-order valence-electron chi connectivity index (χ1n) is 7.25. The van der Waals surface area contributed by atoms with E-state index in [0.29, 0.717) is 6.04 Å². The zero-order valence-corrected chi connectivity index (χ0v) is 12.8. The Hall–Kier alpha value is -0.880. The summed E-state index contributed by atoms with van der Waals surface area (Å²) < 4.78 is 16.7. The maximum Gasteiger partial charge on any atom is 0.122 e. The Kier molecular flexibility index (Phi) is 5.60. The van der Waals surface area contributed by atoms with Crippen LogP contribution < -0.4 is 5.32 Å². The first-order chi connectivity index (χ1) is 9.67. The average molecular weight is 282 g/mol. The van der Waals surface area contributed by atoms with Crippen LogP contribution in [0.4, 0.5) is 0 Å². The van der Waals surface area contributed by atoms with Gasteiger partial charge in [0.2, 0.25) is 0 Å². The monoisotopic (exact) mass is 282 g/mol. The molecule has 2 rings (SSSR count). The minimum atomic E-state index is 0.148. The molecular formula is C15H26N2O3. The van der Waals surface area contributed by atoms with Crippen molar-refractivity contribution in [3.8, 4) is 0 Å². The standard InChI is InChI=1S/C15H26N2O3/c1-5-19-14-9-11(15(14)18-4)16-10-12(17(2)3)13-7-6-8-20-13/h6-8,11-12,14-16H,5,9-10H2,1-4H3. The van der Waals surface area contributed by atoms with E-state index >= 15 is 0 Å². The molecule has 20 heavy (non-hydrogen) atoms. The number of hydrogen-bond donors (Lipinski definition) is 1. The van der Waals surface area contributed by atoms with Crippen molar-refractivity contribution in [1.82, 2.24) is 10.2 Å². The van der Waals surface area contributed by atoms with Gasteiger partial charge in [-0.25, -0.2) is 0 Å². The maximum atomic E-state index is 5.64. The van der Waals surface area contributed by atoms with Crippen LogP contribution in [0.5, 0.6) is 0 Å². The van der Waals surface area contributed by atoms with Gasteiger partial charge in [0.05, 0.1) is 24.5 Å². The topological polar surface area (TPSA) is 46.9 Å². The van der Waals surface area contributed by atoms with Crippen LogP contribution in [0.1, 0.15) is 25.1 Å². The van der Waals surface area contributed by atoms with Crippen LogP contribution in [0.2, 0.25) is 0 Å². The van der Waals surface area contributed by atoms with Gasteiger partial charge >= 0.3 is 0 Å². The Morgan fingerprint density at radius 3 is 2.85 bits per heavy atom. The summed E-state index contributed by atoms with van der Waals surface area (Å²) in [5.41, 5.74) is 0. The van der Waals surface area contributed by atoms with E-state index in [-0.39, 0.29) is 18.2 Å². The van der Waals surface area contributed by atoms with Crippen LogP contribution in [-0.4, -0.2) is 57.5 Å². The summed E-state index contributed by atoms with van der Waals surface area (Å²) in [6.07, 6.45) is 3.10. The average Bonchev–Trinajstić information content (AvgIpc) is 2.90. The Morgan fingerprint density at radius 1 is 1.50 bits per heavy atom. The van der Waals surface area contributed by atoms with Crippen LogP contribution in [0.15, 0.2) is 22.8 Å². The molecule has 0 amide bonds. The molecule has 1 aliphatic rings. The molecule has 5 heteroatoms. The van der Waals surface area contributed by atoms with Gasteiger partial charge in [-0.05, 0) is 39.6 Å². The number of nitrogens with one attached hydrogen (secondary N) is 1. The highest BCUT2D eigenvalue weighted by Crippen LogP contribution is 2.28. The zero-order valence-electron chi connectivity index (χ0n) is 12.8. The molecule has 1 saturated carbocycles. The van der Waals surface area contributed by atoms with Crippen LogP contribution in [0.3, 0.4) is 0 Å². The van der Waals surface area contributed by atoms with Crippen molar-refractivity contribution in [3.63, 3.8) is 0 Å². The molecule has 1 aliphatic carbocycles. The fraction of sp³-hybridized carbons (Fsp3) is 0.733. The summed E-state index contributed by atoms with van der Waals surface area (Å²) in [4.78, 5) is 2.16. The van der Waals surface area contributed by atoms with Gasteiger partial charge in [-0.3, -0.25) is 4.90 Å². The van der Waals surface area contributed by atoms with Gasteiger partial charge in [-0.2, -0.15) is 0 Å². The van der Waals surface area contributed by atoms with Crippen molar-refractivity contribution >= 4 is 0 Å². The smallest absolute Gasteiger partial charge is 0.122 e. The molecule has 0 bridgehead atoms. The Labute approximate surface area is 121 Å². The van der Waals surface area contributed by atoms with Gasteiger partial charge in [0.15, 0.2) is 0 Å². The molecular weight excluding hydrogens is 256 g/mol. The predicted molar refractivity (Wildman–Crippen MR) is 77.8 cm³/mol. The van der Waals surface area contributed by atoms with Crippen molar-refractivity contribution in [2.75, 3.05) is 34.4 Å². The predicted octanol–water partition coefficient (Wildman–Crippen LogP) is 1.66. The van der Waals surface area contributed by atoms with Crippen LogP contribution in [-0.2, 0) is 9.47 Å². The Bertz CT molecular complexity index is 380. The van der Waals surface area contributed by atoms with E-state index in [1.807, 2.05) is 19.1 Å². The van der Waals surface area contributed by atoms with E-state index in [1.165, 1.54) is 0 Å². The minimum Gasteiger partial charge on any atom is -0.468 e. The van der Waals surface area contributed by atoms with E-state index in [2.05, 4.69) is 24.3 Å². The first kappa shape index (κ1) is 15.5. The number of hydrogen-bond acceptors (Lipinski definition) is 5. The normalized spacial score (nSPS) is 27.6. The highest BCUT2D eigenvalue weighted by molar-refractivity contribution is 5.06. The molecule has 0 aromatic carbocycles. The van der Waals surface area contributed by atoms with Crippen LogP contribution in [0, 0.1) is 0 Å². The van der Waals surface area contributed by atoms with E-state index in [9.17, 15) is 0 Å². The lowest BCUT2D eigenvalue weighted by Crippen LogP contribution is -2.60. The quantitative estimate of drug-likeness (QED) is 0.786. The second kappa shape index (κ2) is 7.22. The van der Waals surface area contributed by atoms with Crippen LogP contribution in [0.25, 0.3) is 0 Å². The minimum absolute atomic E-state index is 0.148. The fourth-order valence-corrected chi connectivity index (χ4v) is 2.76. The summed E-state index contributed by atoms with van der Waals surface area (Å²) in [5, 5.41) is 3.57. The fourth-order valence-electron chi connectivity index (χ4n) is 2.76. The molecule has 1 heterocycles. The molecule has 114 valence electrons. The molecule has 1 aromatic heterocycles. The Morgan fingerprint density at radius 2 is 2.30 bits per heavy atom. The first-order valence-corrected chi connectivity index (χ1v) is 7.25. The van der Waals surface area contributed by atoms with Crippen molar-refractivity contribution < 1.29 is 13.9 Å². The molecule has 5 nitrogen and oxygen atoms in total. The largest absolute Gasteiger partial charge is 0.468 e. The number of ether oxygens (including phenoxy) is 2. The molecule has 1 fully saturated rings. The van der Waals surface area contributed by atoms with E-state index in [4.69, 9.17) is 13.9 Å². The molecule has 0 aliphatic heterocycles. The molecule has 0 radical (unpaired) electrons. The number of rotatable bonds is 8. The second-order valence-electron chi connectivity index (χ2n) is 5.44. The summed E-state index contributed by atoms with van der Waals surface area (Å²) >= 11 is 0. The van der Waals surface area contributed by atoms with Gasteiger partial charge in [0, 0.05) is 26.3 Å². The third-order valence-corrected chi connectivity index (χ3v) is 3.97. The van der Waals surface area contributed by atoms with E-state index < -0.39 is 0 Å². The number of nitrogens with zero attached hydrogens (tertiary/aromatic N) is 1. The molecule has 4 unspecified atom stereocenters. The van der Waals surface area contributed by atoms with Gasteiger partial charge in [-0.1, -0.05) is 0 Å². The molecule has 0 saturated heterocycles. The lowest BCUT2D eigenvalue weighted by molar-refractivity contribution is -0.131. The van der Waals surface area contributed by atoms with Crippen molar-refractivity contribution in [1.29, 1.82) is 0 Å². The zero-order chi connectivity index (χ0) is 14.5. The molecule has 1 aromatic rings. The number of furan rings is 1. The second-order valence-corrected chi connectivity index (χ2v) is 5.44. The lowest BCUT2D eigenvalue weighted by Gasteiger charge is -2.44. The summed E-state index contributed by atoms with van der Waals surface area (Å²) in [5.74, 6) is 0.983. The third kappa shape index (κ3) is 3.41. The molecule has 1 N–H and O–H groups in total. The van der Waals surface area contributed by atoms with Crippen molar-refractivity contribution in [3.05, 3.63) is 24.2 Å². The van der Waals surface area contributed by atoms with Gasteiger partial charge in [-0.15, -0.1) is 0 Å². The summed E-state index contributed by atoms with van der Waals surface area (Å²) in [6, 6.07) is 4.53. The van der Waals surface area contributed by atoms with Gasteiger partial charge < -0.3 is 19.2 Å². The highest BCUT2D eigenvalue weighted by atomic mass is 16.5. The highest BCUT2D eigenvalue weighted by Gasteiger charge is 2.42. The number of methoxy groups -OCH3 is 1. The van der Waals surface area contributed by atoms with Gasteiger partial charge in [0.1, 0.15) is 5.76 Å². The van der Waals surface area contributed by atoms with E-state index in [0.717, 1.165) is 25.3 Å². The summed E-state index contributed by atoms with van der Waals surface area (Å²) in [7, 11) is 5.87. The Balaban J connectivity index is 1.85.